The second-order valence-corrected chi connectivity index (χ2v) is 6.35. The molecule has 0 aliphatic carbocycles. The van der Waals surface area contributed by atoms with Gasteiger partial charge in [-0.05, 0) is 38.5 Å². The van der Waals surface area contributed by atoms with E-state index in [1.165, 1.54) is 11.3 Å². The molecular weight excluding hydrogens is 284 g/mol. The highest BCUT2D eigenvalue weighted by Gasteiger charge is 2.25. The summed E-state index contributed by atoms with van der Waals surface area (Å²) in [5.41, 5.74) is 7.05. The van der Waals surface area contributed by atoms with E-state index >= 15 is 0 Å². The van der Waals surface area contributed by atoms with Crippen LogP contribution in [0.1, 0.15) is 37.4 Å². The number of nitrogens with zero attached hydrogens (tertiary/aromatic N) is 1. The molecule has 112 valence electrons. The van der Waals surface area contributed by atoms with Crippen molar-refractivity contribution in [3.63, 3.8) is 0 Å². The van der Waals surface area contributed by atoms with Crippen LogP contribution in [0.25, 0.3) is 0 Å². The van der Waals surface area contributed by atoms with Gasteiger partial charge in [-0.25, -0.2) is 9.78 Å². The van der Waals surface area contributed by atoms with Crippen molar-refractivity contribution in [2.75, 3.05) is 5.32 Å². The number of rotatable bonds is 4. The van der Waals surface area contributed by atoms with Crippen molar-refractivity contribution in [2.24, 2.45) is 5.73 Å². The van der Waals surface area contributed by atoms with Gasteiger partial charge in [0, 0.05) is 23.3 Å². The molecule has 0 spiro atoms. The zero-order valence-electron chi connectivity index (χ0n) is 12.4. The van der Waals surface area contributed by atoms with E-state index < -0.39 is 5.54 Å². The molecule has 0 bridgehead atoms. The molecule has 0 aliphatic rings. The number of aromatic nitrogens is 1. The Bertz CT molecular complexity index is 591. The van der Waals surface area contributed by atoms with Crippen LogP contribution in [0.2, 0.25) is 0 Å². The van der Waals surface area contributed by atoms with Crippen molar-refractivity contribution in [2.45, 2.75) is 32.4 Å². The number of carbonyl (C=O) groups is 1. The lowest BCUT2D eigenvalue weighted by molar-refractivity contribution is 0.242. The van der Waals surface area contributed by atoms with Gasteiger partial charge in [-0.1, -0.05) is 12.1 Å². The monoisotopic (exact) mass is 304 g/mol. The van der Waals surface area contributed by atoms with E-state index in [-0.39, 0.29) is 12.1 Å². The molecule has 5 nitrogen and oxygen atoms in total. The highest BCUT2D eigenvalue weighted by atomic mass is 32.1. The average Bonchev–Trinajstić information content (AvgIpc) is 2.93. The Morgan fingerprint density at radius 3 is 2.52 bits per heavy atom. The topological polar surface area (TPSA) is 80.0 Å². The Morgan fingerprint density at radius 2 is 2.00 bits per heavy atom. The zero-order chi connectivity index (χ0) is 15.5. The maximum atomic E-state index is 12.1. The summed E-state index contributed by atoms with van der Waals surface area (Å²) >= 11 is 1.52. The summed E-state index contributed by atoms with van der Waals surface area (Å²) in [5.74, 6) is 0. The third-order valence-corrected chi connectivity index (χ3v) is 4.18. The van der Waals surface area contributed by atoms with Crippen molar-refractivity contribution in [3.8, 4) is 0 Å². The molecule has 1 atom stereocenters. The van der Waals surface area contributed by atoms with Gasteiger partial charge in [-0.3, -0.25) is 0 Å². The molecule has 2 rings (SSSR count). The Kier molecular flexibility index (Phi) is 4.59. The number of thiazole rings is 1. The summed E-state index contributed by atoms with van der Waals surface area (Å²) < 4.78 is 0. The van der Waals surface area contributed by atoms with Crippen molar-refractivity contribution >= 4 is 23.1 Å². The van der Waals surface area contributed by atoms with E-state index in [1.807, 2.05) is 50.4 Å². The summed E-state index contributed by atoms with van der Waals surface area (Å²) in [4.78, 5) is 16.3. The maximum Gasteiger partial charge on any atom is 0.319 e. The third-order valence-electron chi connectivity index (χ3n) is 3.09. The highest BCUT2D eigenvalue weighted by Crippen LogP contribution is 2.22. The molecule has 0 saturated heterocycles. The number of anilines is 1. The van der Waals surface area contributed by atoms with Gasteiger partial charge < -0.3 is 16.4 Å². The lowest BCUT2D eigenvalue weighted by atomic mass is 10.1. The van der Waals surface area contributed by atoms with Crippen LogP contribution < -0.4 is 16.4 Å². The number of benzene rings is 1. The number of hydrogen-bond acceptors (Lipinski definition) is 4. The molecule has 1 aromatic heterocycles. The number of hydrogen-bond donors (Lipinski definition) is 3. The summed E-state index contributed by atoms with van der Waals surface area (Å²) in [6.07, 6.45) is 1.73. The Labute approximate surface area is 128 Å². The van der Waals surface area contributed by atoms with Gasteiger partial charge in [0.05, 0.1) is 5.54 Å². The van der Waals surface area contributed by atoms with Crippen LogP contribution in [0.3, 0.4) is 0 Å². The SMILES string of the molecule is CC(N)c1ccc(NC(=O)NC(C)(C)c2nccs2)cc1. The first kappa shape index (κ1) is 15.5. The minimum atomic E-state index is -0.510. The molecule has 0 radical (unpaired) electrons. The van der Waals surface area contributed by atoms with Gasteiger partial charge in [-0.15, -0.1) is 11.3 Å². The van der Waals surface area contributed by atoms with E-state index in [4.69, 9.17) is 5.73 Å². The van der Waals surface area contributed by atoms with Crippen LogP contribution >= 0.6 is 11.3 Å². The van der Waals surface area contributed by atoms with Crippen LogP contribution in [0.15, 0.2) is 35.8 Å². The molecule has 0 fully saturated rings. The molecule has 6 heteroatoms. The zero-order valence-corrected chi connectivity index (χ0v) is 13.2. The maximum absolute atomic E-state index is 12.1. The molecule has 0 aliphatic heterocycles. The van der Waals surface area contributed by atoms with E-state index in [2.05, 4.69) is 15.6 Å². The molecule has 2 amide bonds. The Balaban J connectivity index is 1.98. The Morgan fingerprint density at radius 1 is 1.33 bits per heavy atom. The van der Waals surface area contributed by atoms with Gasteiger partial charge in [0.1, 0.15) is 5.01 Å². The van der Waals surface area contributed by atoms with Crippen LogP contribution in [-0.2, 0) is 5.54 Å². The first-order valence-corrected chi connectivity index (χ1v) is 7.61. The summed E-state index contributed by atoms with van der Waals surface area (Å²) in [7, 11) is 0. The molecule has 2 aromatic rings. The summed E-state index contributed by atoms with van der Waals surface area (Å²) in [6, 6.07) is 7.22. The first-order valence-electron chi connectivity index (χ1n) is 6.73. The van der Waals surface area contributed by atoms with Crippen LogP contribution in [0.5, 0.6) is 0 Å². The smallest absolute Gasteiger partial charge is 0.319 e. The molecule has 1 heterocycles. The largest absolute Gasteiger partial charge is 0.326 e. The minimum absolute atomic E-state index is 0.0169. The normalized spacial score (nSPS) is 12.8. The number of urea groups is 1. The predicted octanol–water partition coefficient (Wildman–Crippen LogP) is 3.22. The van der Waals surface area contributed by atoms with Crippen LogP contribution in [-0.4, -0.2) is 11.0 Å². The summed E-state index contributed by atoms with van der Waals surface area (Å²) in [5, 5.41) is 8.49. The van der Waals surface area contributed by atoms with Crippen molar-refractivity contribution in [1.29, 1.82) is 0 Å². The first-order chi connectivity index (χ1) is 9.88. The van der Waals surface area contributed by atoms with Gasteiger partial charge in [-0.2, -0.15) is 0 Å². The van der Waals surface area contributed by atoms with Gasteiger partial charge in [0.15, 0.2) is 0 Å². The second-order valence-electron chi connectivity index (χ2n) is 5.45. The Hall–Kier alpha value is -1.92. The second kappa shape index (κ2) is 6.24. The van der Waals surface area contributed by atoms with E-state index in [1.54, 1.807) is 6.20 Å². The number of amides is 2. The molecular formula is C15H20N4OS. The average molecular weight is 304 g/mol. The summed E-state index contributed by atoms with van der Waals surface area (Å²) in [6.45, 7) is 5.76. The lowest BCUT2D eigenvalue weighted by Gasteiger charge is -2.24. The molecule has 1 aromatic carbocycles. The number of nitrogens with one attached hydrogen (secondary N) is 2. The fourth-order valence-electron chi connectivity index (χ4n) is 1.90. The van der Waals surface area contributed by atoms with Crippen molar-refractivity contribution < 1.29 is 4.79 Å². The third kappa shape index (κ3) is 4.03. The highest BCUT2D eigenvalue weighted by molar-refractivity contribution is 7.09. The van der Waals surface area contributed by atoms with E-state index in [0.29, 0.717) is 0 Å². The molecule has 1 unspecified atom stereocenters. The predicted molar refractivity (Wildman–Crippen MR) is 86.3 cm³/mol. The fraction of sp³-hybridized carbons (Fsp3) is 0.333. The lowest BCUT2D eigenvalue weighted by Crippen LogP contribution is -2.43. The quantitative estimate of drug-likeness (QED) is 0.811. The van der Waals surface area contributed by atoms with Gasteiger partial charge in [0.2, 0.25) is 0 Å². The minimum Gasteiger partial charge on any atom is -0.326 e. The van der Waals surface area contributed by atoms with Gasteiger partial charge >= 0.3 is 6.03 Å². The van der Waals surface area contributed by atoms with Gasteiger partial charge in [0.25, 0.3) is 0 Å². The number of carbonyl (C=O) groups excluding carboxylic acids is 1. The van der Waals surface area contributed by atoms with Crippen molar-refractivity contribution in [3.05, 3.63) is 46.4 Å². The standard InChI is InChI=1S/C15H20N4OS/c1-10(16)11-4-6-12(7-5-11)18-14(20)19-15(2,3)13-17-8-9-21-13/h4-10H,16H2,1-3H3,(H2,18,19,20). The number of nitrogens with two attached hydrogens (primary N) is 1. The van der Waals surface area contributed by atoms with E-state index in [0.717, 1.165) is 16.3 Å². The molecule has 0 saturated carbocycles. The molecule has 4 N–H and O–H groups in total. The van der Waals surface area contributed by atoms with E-state index in [9.17, 15) is 4.79 Å². The van der Waals surface area contributed by atoms with Crippen LogP contribution in [0.4, 0.5) is 10.5 Å². The van der Waals surface area contributed by atoms with Crippen LogP contribution in [0, 0.1) is 0 Å². The molecule has 21 heavy (non-hydrogen) atoms. The van der Waals surface area contributed by atoms with Crippen molar-refractivity contribution in [1.82, 2.24) is 10.3 Å². The fourth-order valence-corrected chi connectivity index (χ4v) is 2.62.